The Morgan fingerprint density at radius 3 is 2.36 bits per heavy atom. The molecular formula is C19H30N2O7. The number of amides is 2. The van der Waals surface area contributed by atoms with Gasteiger partial charge in [-0.15, -0.1) is 0 Å². The average molecular weight is 398 g/mol. The third kappa shape index (κ3) is 4.56. The fourth-order valence-corrected chi connectivity index (χ4v) is 4.08. The molecule has 1 saturated heterocycles. The van der Waals surface area contributed by atoms with Crippen LogP contribution in [-0.4, -0.2) is 65.3 Å². The van der Waals surface area contributed by atoms with Gasteiger partial charge in [0.1, 0.15) is 17.7 Å². The van der Waals surface area contributed by atoms with E-state index < -0.39 is 41.6 Å². The molecule has 2 aliphatic rings. The highest BCUT2D eigenvalue weighted by Gasteiger charge is 2.70. The number of nitrogens with zero attached hydrogens (tertiary/aromatic N) is 1. The first-order chi connectivity index (χ1) is 12.8. The van der Waals surface area contributed by atoms with E-state index in [1.54, 1.807) is 20.8 Å². The molecule has 0 bridgehead atoms. The summed E-state index contributed by atoms with van der Waals surface area (Å²) in [7, 11) is 1.27. The molecule has 1 heterocycles. The maximum Gasteiger partial charge on any atom is 0.408 e. The summed E-state index contributed by atoms with van der Waals surface area (Å²) in [6.45, 7) is 9.51. The number of aliphatic carboxylic acids is 1. The van der Waals surface area contributed by atoms with E-state index in [4.69, 9.17) is 14.6 Å². The lowest BCUT2D eigenvalue weighted by atomic mass is 9.99. The summed E-state index contributed by atoms with van der Waals surface area (Å²) in [6.07, 6.45) is -1.21. The summed E-state index contributed by atoms with van der Waals surface area (Å²) in [5.41, 5.74) is -0.830. The Morgan fingerprint density at radius 2 is 1.86 bits per heavy atom. The number of nitrogens with one attached hydrogen (secondary N) is 1. The van der Waals surface area contributed by atoms with Crippen molar-refractivity contribution in [1.82, 2.24) is 10.2 Å². The minimum Gasteiger partial charge on any atom is -0.481 e. The van der Waals surface area contributed by atoms with Gasteiger partial charge in [0.05, 0.1) is 7.11 Å². The van der Waals surface area contributed by atoms with Crippen molar-refractivity contribution in [2.75, 3.05) is 13.7 Å². The first kappa shape index (κ1) is 22.0. The number of esters is 1. The molecule has 0 radical (unpaired) electrons. The standard InChI is InChI=1S/C19H30N2O7/c1-18(2,3)28-17(26)20-11(7-8-12(22)23)15(24)21-9-10-13(19(10,4)5)14(21)16(25)27-6/h10-11,13-14H,7-9H2,1-6H3,(H,20,26)(H,22,23)/t10-,11-,13?,14-/m0/s1. The van der Waals surface area contributed by atoms with Crippen LogP contribution in [0.15, 0.2) is 0 Å². The van der Waals surface area contributed by atoms with Gasteiger partial charge in [-0.3, -0.25) is 9.59 Å². The van der Waals surface area contributed by atoms with E-state index in [1.807, 2.05) is 13.8 Å². The first-order valence-electron chi connectivity index (χ1n) is 9.39. The van der Waals surface area contributed by atoms with Crippen molar-refractivity contribution < 1.29 is 33.8 Å². The zero-order valence-corrected chi connectivity index (χ0v) is 17.3. The van der Waals surface area contributed by atoms with Crippen molar-refractivity contribution in [2.45, 2.75) is 65.1 Å². The van der Waals surface area contributed by atoms with Crippen LogP contribution in [-0.2, 0) is 23.9 Å². The molecule has 2 fully saturated rings. The van der Waals surface area contributed by atoms with E-state index in [0.29, 0.717) is 6.54 Å². The normalized spacial score (nSPS) is 26.1. The van der Waals surface area contributed by atoms with Gasteiger partial charge in [0.15, 0.2) is 0 Å². The lowest BCUT2D eigenvalue weighted by Gasteiger charge is -2.32. The Bertz CT molecular complexity index is 668. The molecule has 0 spiro atoms. The molecule has 1 unspecified atom stereocenters. The van der Waals surface area contributed by atoms with Crippen LogP contribution in [0.2, 0.25) is 0 Å². The second-order valence-corrected chi connectivity index (χ2v) is 9.04. The van der Waals surface area contributed by atoms with Crippen LogP contribution >= 0.6 is 0 Å². The molecule has 158 valence electrons. The van der Waals surface area contributed by atoms with Crippen molar-refractivity contribution in [3.8, 4) is 0 Å². The highest BCUT2D eigenvalue weighted by atomic mass is 16.6. The van der Waals surface area contributed by atoms with Gasteiger partial charge in [-0.1, -0.05) is 13.8 Å². The van der Waals surface area contributed by atoms with E-state index in [9.17, 15) is 19.2 Å². The molecule has 2 rings (SSSR count). The van der Waals surface area contributed by atoms with E-state index in [2.05, 4.69) is 5.32 Å². The molecular weight excluding hydrogens is 368 g/mol. The van der Waals surface area contributed by atoms with Gasteiger partial charge in [-0.05, 0) is 38.5 Å². The predicted molar refractivity (Wildman–Crippen MR) is 98.3 cm³/mol. The molecule has 9 heteroatoms. The van der Waals surface area contributed by atoms with Crippen LogP contribution in [0.3, 0.4) is 0 Å². The number of alkyl carbamates (subject to hydrolysis) is 1. The number of fused-ring (bicyclic) bond motifs is 1. The van der Waals surface area contributed by atoms with Gasteiger partial charge < -0.3 is 24.8 Å². The molecule has 2 N–H and O–H groups in total. The smallest absolute Gasteiger partial charge is 0.408 e. The number of carboxylic acids is 1. The zero-order chi connectivity index (χ0) is 21.4. The molecule has 0 aromatic heterocycles. The van der Waals surface area contributed by atoms with Crippen LogP contribution in [0.4, 0.5) is 4.79 Å². The van der Waals surface area contributed by atoms with Crippen molar-refractivity contribution in [3.05, 3.63) is 0 Å². The number of carboxylic acid groups (broad SMARTS) is 1. The van der Waals surface area contributed by atoms with E-state index in [0.717, 1.165) is 0 Å². The Hall–Kier alpha value is -2.32. The van der Waals surface area contributed by atoms with Crippen LogP contribution in [0.25, 0.3) is 0 Å². The molecule has 2 amide bonds. The summed E-state index contributed by atoms with van der Waals surface area (Å²) in [4.78, 5) is 50.0. The van der Waals surface area contributed by atoms with Crippen LogP contribution in [0, 0.1) is 17.3 Å². The van der Waals surface area contributed by atoms with Gasteiger partial charge in [-0.2, -0.15) is 0 Å². The Labute approximate surface area is 164 Å². The number of hydrogen-bond acceptors (Lipinski definition) is 6. The van der Waals surface area contributed by atoms with Crippen molar-refractivity contribution >= 4 is 23.9 Å². The minimum atomic E-state index is -1.10. The summed E-state index contributed by atoms with van der Waals surface area (Å²) in [6, 6.07) is -1.83. The monoisotopic (exact) mass is 398 g/mol. The molecule has 1 saturated carbocycles. The van der Waals surface area contributed by atoms with Crippen LogP contribution < -0.4 is 5.32 Å². The number of rotatable bonds is 6. The maximum absolute atomic E-state index is 13.1. The summed E-state index contributed by atoms with van der Waals surface area (Å²) in [5, 5.41) is 11.4. The van der Waals surface area contributed by atoms with E-state index >= 15 is 0 Å². The average Bonchev–Trinajstić information content (AvgIpc) is 2.93. The maximum atomic E-state index is 13.1. The first-order valence-corrected chi connectivity index (χ1v) is 9.39. The number of methoxy groups -OCH3 is 1. The second-order valence-electron chi connectivity index (χ2n) is 9.04. The fourth-order valence-electron chi connectivity index (χ4n) is 4.08. The molecule has 4 atom stereocenters. The number of piperidine rings is 1. The molecule has 1 aliphatic carbocycles. The SMILES string of the molecule is COC(=O)[C@@H]1C2[C@H](CN1C(=O)[C@H](CCC(=O)O)NC(=O)OC(C)(C)C)C2(C)C. The van der Waals surface area contributed by atoms with Gasteiger partial charge >= 0.3 is 18.0 Å². The second kappa shape index (κ2) is 7.60. The molecule has 0 aromatic carbocycles. The Kier molecular flexibility index (Phi) is 5.96. The van der Waals surface area contributed by atoms with E-state index in [-0.39, 0.29) is 30.1 Å². The lowest BCUT2D eigenvalue weighted by molar-refractivity contribution is -0.154. The third-order valence-corrected chi connectivity index (χ3v) is 5.57. The molecule has 9 nitrogen and oxygen atoms in total. The van der Waals surface area contributed by atoms with E-state index in [1.165, 1.54) is 12.0 Å². The van der Waals surface area contributed by atoms with Crippen LogP contribution in [0.5, 0.6) is 0 Å². The minimum absolute atomic E-state index is 0.00875. The Balaban J connectivity index is 2.17. The summed E-state index contributed by atoms with van der Waals surface area (Å²) >= 11 is 0. The van der Waals surface area contributed by atoms with Crippen molar-refractivity contribution in [1.29, 1.82) is 0 Å². The summed E-state index contributed by atoms with van der Waals surface area (Å²) in [5.74, 6) is -1.92. The fraction of sp³-hybridized carbons (Fsp3) is 0.789. The number of hydrogen-bond donors (Lipinski definition) is 2. The number of carbonyl (C=O) groups excluding carboxylic acids is 3. The van der Waals surface area contributed by atoms with Gasteiger partial charge in [0, 0.05) is 18.9 Å². The van der Waals surface area contributed by atoms with Gasteiger partial charge in [0.2, 0.25) is 5.91 Å². The number of ether oxygens (including phenoxy) is 2. The third-order valence-electron chi connectivity index (χ3n) is 5.57. The number of likely N-dealkylation sites (tertiary alicyclic amines) is 1. The van der Waals surface area contributed by atoms with Gasteiger partial charge in [0.25, 0.3) is 0 Å². The number of carbonyl (C=O) groups is 4. The summed E-state index contributed by atoms with van der Waals surface area (Å²) < 4.78 is 10.1. The zero-order valence-electron chi connectivity index (χ0n) is 17.3. The predicted octanol–water partition coefficient (Wildman–Crippen LogP) is 1.40. The quantitative estimate of drug-likeness (QED) is 0.649. The highest BCUT2D eigenvalue weighted by Crippen LogP contribution is 2.65. The molecule has 1 aliphatic heterocycles. The van der Waals surface area contributed by atoms with Crippen molar-refractivity contribution in [2.24, 2.45) is 17.3 Å². The highest BCUT2D eigenvalue weighted by molar-refractivity contribution is 5.91. The van der Waals surface area contributed by atoms with Crippen LogP contribution in [0.1, 0.15) is 47.5 Å². The topological polar surface area (TPSA) is 122 Å². The van der Waals surface area contributed by atoms with Crippen molar-refractivity contribution in [3.63, 3.8) is 0 Å². The largest absolute Gasteiger partial charge is 0.481 e. The lowest BCUT2D eigenvalue weighted by Crippen LogP contribution is -2.54. The molecule has 0 aromatic rings. The Morgan fingerprint density at radius 1 is 1.25 bits per heavy atom. The van der Waals surface area contributed by atoms with Gasteiger partial charge in [-0.25, -0.2) is 9.59 Å². The molecule has 28 heavy (non-hydrogen) atoms.